The Hall–Kier alpha value is -2.06. The number of nitrogens with one attached hydrogen (secondary N) is 1. The lowest BCUT2D eigenvalue weighted by Crippen LogP contribution is -2.57. The molecule has 1 amide bonds. The molecule has 0 unspecified atom stereocenters. The number of benzene rings is 1. The van der Waals surface area contributed by atoms with Crippen molar-refractivity contribution in [2.75, 3.05) is 26.7 Å². The van der Waals surface area contributed by atoms with Crippen molar-refractivity contribution in [1.29, 1.82) is 5.26 Å². The summed E-state index contributed by atoms with van der Waals surface area (Å²) in [5.41, 5.74) is 1.84. The first-order chi connectivity index (χ1) is 9.26. The number of nitrogens with zero attached hydrogens (tertiary/aromatic N) is 2. The largest absolute Gasteiger partial charge is 0.496 e. The third kappa shape index (κ3) is 1.76. The molecule has 5 nitrogen and oxygen atoms in total. The number of amides is 1. The number of ether oxygens (including phenoxy) is 1. The monoisotopic (exact) mass is 257 g/mol. The van der Waals surface area contributed by atoms with Crippen LogP contribution in [-0.2, 0) is 6.42 Å². The molecule has 0 bridgehead atoms. The summed E-state index contributed by atoms with van der Waals surface area (Å²) >= 11 is 0. The molecule has 0 radical (unpaired) electrons. The van der Waals surface area contributed by atoms with Crippen LogP contribution in [-0.4, -0.2) is 43.6 Å². The molecule has 0 aliphatic carbocycles. The number of nitriles is 1. The fourth-order valence-corrected chi connectivity index (χ4v) is 2.95. The van der Waals surface area contributed by atoms with E-state index in [0.717, 1.165) is 25.1 Å². The van der Waals surface area contributed by atoms with Gasteiger partial charge in [0, 0.05) is 31.2 Å². The first-order valence-electron chi connectivity index (χ1n) is 6.38. The van der Waals surface area contributed by atoms with Crippen LogP contribution < -0.4 is 10.1 Å². The predicted octanol–water partition coefficient (Wildman–Crippen LogP) is 0.537. The zero-order valence-electron chi connectivity index (χ0n) is 10.8. The van der Waals surface area contributed by atoms with Gasteiger partial charge < -0.3 is 15.0 Å². The van der Waals surface area contributed by atoms with Crippen LogP contribution in [0.3, 0.4) is 0 Å². The predicted molar refractivity (Wildman–Crippen MR) is 69.1 cm³/mol. The highest BCUT2D eigenvalue weighted by Crippen LogP contribution is 2.33. The van der Waals surface area contributed by atoms with Crippen molar-refractivity contribution in [3.63, 3.8) is 0 Å². The van der Waals surface area contributed by atoms with Gasteiger partial charge in [0.2, 0.25) is 0 Å². The Balaban J connectivity index is 2.15. The van der Waals surface area contributed by atoms with Gasteiger partial charge in [-0.25, -0.2) is 0 Å². The summed E-state index contributed by atoms with van der Waals surface area (Å²) in [5.74, 6) is 0.663. The lowest BCUT2D eigenvalue weighted by atomic mass is 9.88. The molecule has 0 spiro atoms. The quantitative estimate of drug-likeness (QED) is 0.797. The molecule has 1 aromatic carbocycles. The Bertz CT molecular complexity index is 577. The number of methoxy groups -OCH3 is 1. The van der Waals surface area contributed by atoms with Crippen molar-refractivity contribution in [3.8, 4) is 11.8 Å². The maximum Gasteiger partial charge on any atom is 0.255 e. The number of carbonyl (C=O) groups is 1. The number of fused-ring (bicyclic) bond motifs is 2. The minimum absolute atomic E-state index is 0.0387. The second kappa shape index (κ2) is 4.56. The normalized spacial score (nSPS) is 21.4. The Morgan fingerprint density at radius 2 is 2.37 bits per heavy atom. The average Bonchev–Trinajstić information content (AvgIpc) is 2.46. The topological polar surface area (TPSA) is 65.4 Å². The second-order valence-corrected chi connectivity index (χ2v) is 4.84. The van der Waals surface area contributed by atoms with E-state index in [0.29, 0.717) is 23.4 Å². The van der Waals surface area contributed by atoms with Crippen molar-refractivity contribution in [2.24, 2.45) is 0 Å². The van der Waals surface area contributed by atoms with Crippen LogP contribution in [0.25, 0.3) is 0 Å². The number of carbonyl (C=O) groups excluding carboxylic acids is 1. The molecule has 0 aromatic heterocycles. The van der Waals surface area contributed by atoms with Crippen LogP contribution in [0.15, 0.2) is 12.1 Å². The average molecular weight is 257 g/mol. The van der Waals surface area contributed by atoms with Crippen molar-refractivity contribution in [2.45, 2.75) is 12.5 Å². The Labute approximate surface area is 111 Å². The van der Waals surface area contributed by atoms with Gasteiger partial charge in [0.05, 0.1) is 24.3 Å². The molecule has 1 saturated heterocycles. The molecule has 19 heavy (non-hydrogen) atoms. The smallest absolute Gasteiger partial charge is 0.255 e. The van der Waals surface area contributed by atoms with Crippen LogP contribution in [0.5, 0.6) is 5.75 Å². The highest BCUT2D eigenvalue weighted by Gasteiger charge is 2.36. The van der Waals surface area contributed by atoms with Crippen LogP contribution in [0, 0.1) is 11.3 Å². The number of hydrogen-bond acceptors (Lipinski definition) is 4. The summed E-state index contributed by atoms with van der Waals surface area (Å²) < 4.78 is 5.34. The van der Waals surface area contributed by atoms with Gasteiger partial charge in [0.25, 0.3) is 5.91 Å². The minimum Gasteiger partial charge on any atom is -0.496 e. The minimum atomic E-state index is -0.0387. The summed E-state index contributed by atoms with van der Waals surface area (Å²) in [6, 6.07) is 5.72. The van der Waals surface area contributed by atoms with E-state index < -0.39 is 0 Å². The Kier molecular flexibility index (Phi) is 2.88. The number of piperazine rings is 1. The molecular weight excluding hydrogens is 242 g/mol. The molecule has 98 valence electrons. The standard InChI is InChI=1S/C14H15N3O2/c1-19-12-3-2-9(7-15)13-11(12)6-10-8-16-4-5-17(10)14(13)18/h2-3,10,16H,4-6,8H2,1H3/t10-/m1/s1. The second-order valence-electron chi connectivity index (χ2n) is 4.84. The molecule has 0 saturated carbocycles. The zero-order valence-corrected chi connectivity index (χ0v) is 10.8. The third-order valence-electron chi connectivity index (χ3n) is 3.87. The van der Waals surface area contributed by atoms with Crippen molar-refractivity contribution in [1.82, 2.24) is 10.2 Å². The van der Waals surface area contributed by atoms with Crippen LogP contribution >= 0.6 is 0 Å². The van der Waals surface area contributed by atoms with E-state index in [4.69, 9.17) is 4.74 Å². The van der Waals surface area contributed by atoms with Gasteiger partial charge in [-0.3, -0.25) is 4.79 Å². The van der Waals surface area contributed by atoms with E-state index in [1.165, 1.54) is 0 Å². The van der Waals surface area contributed by atoms with Crippen LogP contribution in [0.2, 0.25) is 0 Å². The summed E-state index contributed by atoms with van der Waals surface area (Å²) in [4.78, 5) is 14.5. The number of rotatable bonds is 1. The highest BCUT2D eigenvalue weighted by molar-refractivity contribution is 6.00. The fourth-order valence-electron chi connectivity index (χ4n) is 2.95. The summed E-state index contributed by atoms with van der Waals surface area (Å²) in [6.45, 7) is 2.31. The van der Waals surface area contributed by atoms with Crippen molar-refractivity contribution < 1.29 is 9.53 Å². The molecular formula is C14H15N3O2. The van der Waals surface area contributed by atoms with Gasteiger partial charge >= 0.3 is 0 Å². The maximum absolute atomic E-state index is 12.6. The molecule has 1 fully saturated rings. The lowest BCUT2D eigenvalue weighted by molar-refractivity contribution is 0.0604. The Morgan fingerprint density at radius 3 is 3.11 bits per heavy atom. The summed E-state index contributed by atoms with van der Waals surface area (Å²) in [7, 11) is 1.59. The van der Waals surface area contributed by atoms with Gasteiger partial charge in [-0.1, -0.05) is 0 Å². The van der Waals surface area contributed by atoms with Gasteiger partial charge in [-0.2, -0.15) is 5.26 Å². The zero-order chi connectivity index (χ0) is 13.4. The first kappa shape index (κ1) is 12.0. The van der Waals surface area contributed by atoms with E-state index in [1.54, 1.807) is 19.2 Å². The molecule has 1 atom stereocenters. The molecule has 1 N–H and O–H groups in total. The summed E-state index contributed by atoms with van der Waals surface area (Å²) in [5, 5.41) is 12.5. The fraction of sp³-hybridized carbons (Fsp3) is 0.429. The third-order valence-corrected chi connectivity index (χ3v) is 3.87. The van der Waals surface area contributed by atoms with Crippen molar-refractivity contribution >= 4 is 5.91 Å². The maximum atomic E-state index is 12.6. The lowest BCUT2D eigenvalue weighted by Gasteiger charge is -2.40. The van der Waals surface area contributed by atoms with Gasteiger partial charge in [0.15, 0.2) is 0 Å². The van der Waals surface area contributed by atoms with E-state index in [2.05, 4.69) is 11.4 Å². The van der Waals surface area contributed by atoms with E-state index in [-0.39, 0.29) is 11.9 Å². The molecule has 2 aliphatic heterocycles. The molecule has 2 aliphatic rings. The van der Waals surface area contributed by atoms with Gasteiger partial charge in [-0.15, -0.1) is 0 Å². The molecule has 3 rings (SSSR count). The molecule has 1 aromatic rings. The first-order valence-corrected chi connectivity index (χ1v) is 6.38. The SMILES string of the molecule is COc1ccc(C#N)c2c1C[C@@H]1CNCCN1C2=O. The number of hydrogen-bond donors (Lipinski definition) is 1. The van der Waals surface area contributed by atoms with Crippen LogP contribution in [0.1, 0.15) is 21.5 Å². The molecule has 5 heteroatoms. The van der Waals surface area contributed by atoms with Crippen molar-refractivity contribution in [3.05, 3.63) is 28.8 Å². The van der Waals surface area contributed by atoms with E-state index >= 15 is 0 Å². The summed E-state index contributed by atoms with van der Waals surface area (Å²) in [6.07, 6.45) is 0.743. The van der Waals surface area contributed by atoms with E-state index in [9.17, 15) is 10.1 Å². The molecule has 2 heterocycles. The van der Waals surface area contributed by atoms with E-state index in [1.807, 2.05) is 4.90 Å². The van der Waals surface area contributed by atoms with Gasteiger partial charge in [0.1, 0.15) is 5.75 Å². The van der Waals surface area contributed by atoms with Crippen LogP contribution in [0.4, 0.5) is 0 Å². The van der Waals surface area contributed by atoms with Gasteiger partial charge in [-0.05, 0) is 18.6 Å². The highest BCUT2D eigenvalue weighted by atomic mass is 16.5. The Morgan fingerprint density at radius 1 is 1.53 bits per heavy atom.